The van der Waals surface area contributed by atoms with Gasteiger partial charge in [0.05, 0.1) is 6.10 Å². The van der Waals surface area contributed by atoms with Gasteiger partial charge in [0.2, 0.25) is 0 Å². The summed E-state index contributed by atoms with van der Waals surface area (Å²) in [7, 11) is 0. The Kier molecular flexibility index (Phi) is 4.14. The van der Waals surface area contributed by atoms with Crippen molar-refractivity contribution >= 4 is 0 Å². The molecule has 1 heterocycles. The first-order valence-corrected chi connectivity index (χ1v) is 7.32. The van der Waals surface area contributed by atoms with Crippen molar-refractivity contribution in [2.75, 3.05) is 13.1 Å². The lowest BCUT2D eigenvalue weighted by molar-refractivity contribution is 0.105. The van der Waals surface area contributed by atoms with Crippen LogP contribution in [0.1, 0.15) is 16.7 Å². The van der Waals surface area contributed by atoms with Crippen LogP contribution in [0, 0.1) is 0 Å². The summed E-state index contributed by atoms with van der Waals surface area (Å²) in [6, 6.07) is 18.8. The lowest BCUT2D eigenvalue weighted by Crippen LogP contribution is -2.37. The molecule has 0 spiro atoms. The van der Waals surface area contributed by atoms with Crippen molar-refractivity contribution in [3.8, 4) is 0 Å². The van der Waals surface area contributed by atoms with E-state index in [9.17, 15) is 5.11 Å². The van der Waals surface area contributed by atoms with Gasteiger partial charge in [0.15, 0.2) is 0 Å². The van der Waals surface area contributed by atoms with Crippen LogP contribution in [-0.2, 0) is 19.4 Å². The molecule has 0 radical (unpaired) electrons. The fourth-order valence-electron chi connectivity index (χ4n) is 2.96. The first-order chi connectivity index (χ1) is 9.81. The largest absolute Gasteiger partial charge is 0.391 e. The van der Waals surface area contributed by atoms with Crippen molar-refractivity contribution in [1.29, 1.82) is 0 Å². The summed E-state index contributed by atoms with van der Waals surface area (Å²) < 4.78 is 0. The SMILES string of the molecule is OC(Cc1ccccc1)CN1CCc2ccccc2C1. The first-order valence-electron chi connectivity index (χ1n) is 7.32. The lowest BCUT2D eigenvalue weighted by Gasteiger charge is -2.30. The molecule has 1 aliphatic heterocycles. The lowest BCUT2D eigenvalue weighted by atomic mass is 9.99. The number of rotatable bonds is 4. The number of hydrogen-bond donors (Lipinski definition) is 1. The van der Waals surface area contributed by atoms with Gasteiger partial charge in [0, 0.05) is 19.6 Å². The Balaban J connectivity index is 1.57. The van der Waals surface area contributed by atoms with E-state index in [0.29, 0.717) is 0 Å². The van der Waals surface area contributed by atoms with Crippen LogP contribution in [0.15, 0.2) is 54.6 Å². The van der Waals surface area contributed by atoms with Gasteiger partial charge in [0.1, 0.15) is 0 Å². The molecule has 2 heteroatoms. The molecule has 0 aliphatic carbocycles. The summed E-state index contributed by atoms with van der Waals surface area (Å²) in [4.78, 5) is 2.36. The topological polar surface area (TPSA) is 23.5 Å². The monoisotopic (exact) mass is 267 g/mol. The van der Waals surface area contributed by atoms with E-state index in [1.807, 2.05) is 18.2 Å². The highest BCUT2D eigenvalue weighted by atomic mass is 16.3. The van der Waals surface area contributed by atoms with Gasteiger partial charge in [-0.2, -0.15) is 0 Å². The minimum Gasteiger partial charge on any atom is -0.391 e. The van der Waals surface area contributed by atoms with Crippen LogP contribution >= 0.6 is 0 Å². The van der Waals surface area contributed by atoms with E-state index in [0.717, 1.165) is 32.5 Å². The van der Waals surface area contributed by atoms with Crippen LogP contribution in [0.4, 0.5) is 0 Å². The summed E-state index contributed by atoms with van der Waals surface area (Å²) in [6.07, 6.45) is 1.54. The number of aliphatic hydroxyl groups excluding tert-OH is 1. The highest BCUT2D eigenvalue weighted by Gasteiger charge is 2.18. The molecule has 104 valence electrons. The van der Waals surface area contributed by atoms with Crippen molar-refractivity contribution in [3.05, 3.63) is 71.3 Å². The molecule has 0 amide bonds. The van der Waals surface area contributed by atoms with E-state index in [-0.39, 0.29) is 6.10 Å². The van der Waals surface area contributed by atoms with Gasteiger partial charge in [0.25, 0.3) is 0 Å². The third kappa shape index (κ3) is 3.27. The second-order valence-electron chi connectivity index (χ2n) is 5.60. The Morgan fingerprint density at radius 3 is 2.45 bits per heavy atom. The van der Waals surface area contributed by atoms with E-state index >= 15 is 0 Å². The summed E-state index contributed by atoms with van der Waals surface area (Å²) in [5, 5.41) is 10.3. The fraction of sp³-hybridized carbons (Fsp3) is 0.333. The van der Waals surface area contributed by atoms with Gasteiger partial charge < -0.3 is 5.11 Å². The molecule has 0 saturated heterocycles. The Bertz CT molecular complexity index is 552. The maximum atomic E-state index is 10.3. The van der Waals surface area contributed by atoms with Gasteiger partial charge in [-0.3, -0.25) is 4.90 Å². The second kappa shape index (κ2) is 6.21. The van der Waals surface area contributed by atoms with Crippen molar-refractivity contribution < 1.29 is 5.11 Å². The van der Waals surface area contributed by atoms with Crippen molar-refractivity contribution in [2.45, 2.75) is 25.5 Å². The molecule has 20 heavy (non-hydrogen) atoms. The second-order valence-corrected chi connectivity index (χ2v) is 5.60. The molecule has 0 fully saturated rings. The van der Waals surface area contributed by atoms with Crippen LogP contribution in [-0.4, -0.2) is 29.2 Å². The molecule has 2 aromatic carbocycles. The van der Waals surface area contributed by atoms with E-state index in [2.05, 4.69) is 41.3 Å². The highest BCUT2D eigenvalue weighted by Crippen LogP contribution is 2.18. The third-order valence-electron chi connectivity index (χ3n) is 3.99. The molecule has 2 nitrogen and oxygen atoms in total. The smallest absolute Gasteiger partial charge is 0.0707 e. The highest BCUT2D eigenvalue weighted by molar-refractivity contribution is 5.29. The summed E-state index contributed by atoms with van der Waals surface area (Å²) in [5.74, 6) is 0. The van der Waals surface area contributed by atoms with Gasteiger partial charge in [-0.05, 0) is 29.5 Å². The van der Waals surface area contributed by atoms with Crippen LogP contribution in [0.25, 0.3) is 0 Å². The zero-order valence-corrected chi connectivity index (χ0v) is 11.7. The Morgan fingerprint density at radius 2 is 1.65 bits per heavy atom. The Labute approximate surface area is 120 Å². The van der Waals surface area contributed by atoms with Crippen molar-refractivity contribution in [1.82, 2.24) is 4.90 Å². The Morgan fingerprint density at radius 1 is 0.950 bits per heavy atom. The molecule has 1 atom stereocenters. The third-order valence-corrected chi connectivity index (χ3v) is 3.99. The van der Waals surface area contributed by atoms with Crippen molar-refractivity contribution in [3.63, 3.8) is 0 Å². The minimum atomic E-state index is -0.289. The average molecular weight is 267 g/mol. The average Bonchev–Trinajstić information content (AvgIpc) is 2.48. The van der Waals surface area contributed by atoms with E-state index in [1.165, 1.54) is 16.7 Å². The maximum Gasteiger partial charge on any atom is 0.0707 e. The molecular weight excluding hydrogens is 246 g/mol. The molecule has 1 aliphatic rings. The molecule has 1 N–H and O–H groups in total. The molecule has 0 bridgehead atoms. The predicted molar refractivity (Wildman–Crippen MR) is 81.6 cm³/mol. The minimum absolute atomic E-state index is 0.289. The molecule has 1 unspecified atom stereocenters. The number of benzene rings is 2. The van der Waals surface area contributed by atoms with Gasteiger partial charge in [-0.1, -0.05) is 54.6 Å². The summed E-state index contributed by atoms with van der Waals surface area (Å²) in [6.45, 7) is 2.76. The number of nitrogens with zero attached hydrogens (tertiary/aromatic N) is 1. The quantitative estimate of drug-likeness (QED) is 0.920. The van der Waals surface area contributed by atoms with Crippen LogP contribution in [0.5, 0.6) is 0 Å². The van der Waals surface area contributed by atoms with Crippen molar-refractivity contribution in [2.24, 2.45) is 0 Å². The predicted octanol–water partition coefficient (Wildman–Crippen LogP) is 2.65. The summed E-state index contributed by atoms with van der Waals surface area (Å²) >= 11 is 0. The van der Waals surface area contributed by atoms with Gasteiger partial charge in [-0.25, -0.2) is 0 Å². The van der Waals surface area contributed by atoms with E-state index < -0.39 is 0 Å². The number of fused-ring (bicyclic) bond motifs is 1. The fourth-order valence-corrected chi connectivity index (χ4v) is 2.96. The number of aliphatic hydroxyl groups is 1. The van der Waals surface area contributed by atoms with Crippen LogP contribution in [0.3, 0.4) is 0 Å². The van der Waals surface area contributed by atoms with Gasteiger partial charge >= 0.3 is 0 Å². The molecule has 0 saturated carbocycles. The molecule has 0 aromatic heterocycles. The normalized spacial score (nSPS) is 16.6. The maximum absolute atomic E-state index is 10.3. The number of β-amino-alcohol motifs (C(OH)–C–C–N with tert-alkyl or cyclic N) is 1. The standard InChI is InChI=1S/C18H21NO/c20-18(12-15-6-2-1-3-7-15)14-19-11-10-16-8-4-5-9-17(16)13-19/h1-9,18,20H,10-14H2. The van der Waals surface area contributed by atoms with Crippen LogP contribution < -0.4 is 0 Å². The van der Waals surface area contributed by atoms with E-state index in [1.54, 1.807) is 0 Å². The Hall–Kier alpha value is -1.64. The zero-order valence-electron chi connectivity index (χ0n) is 11.7. The number of hydrogen-bond acceptors (Lipinski definition) is 2. The molecule has 3 rings (SSSR count). The molecular formula is C18H21NO. The molecule has 2 aromatic rings. The van der Waals surface area contributed by atoms with E-state index in [4.69, 9.17) is 0 Å². The summed E-state index contributed by atoms with van der Waals surface area (Å²) in [5.41, 5.74) is 4.07. The van der Waals surface area contributed by atoms with Gasteiger partial charge in [-0.15, -0.1) is 0 Å². The zero-order chi connectivity index (χ0) is 13.8. The van der Waals surface area contributed by atoms with Crippen LogP contribution in [0.2, 0.25) is 0 Å². The first kappa shape index (κ1) is 13.3.